The van der Waals surface area contributed by atoms with Gasteiger partial charge in [0.25, 0.3) is 0 Å². The van der Waals surface area contributed by atoms with Gasteiger partial charge in [0, 0.05) is 0 Å². The van der Waals surface area contributed by atoms with Gasteiger partial charge in [0.15, 0.2) is 0 Å². The molecular formula is C10H10Pd. The zero-order valence-electron chi connectivity index (χ0n) is 6.19. The van der Waals surface area contributed by atoms with E-state index in [0.717, 1.165) is 18.0 Å². The summed E-state index contributed by atoms with van der Waals surface area (Å²) in [7, 11) is 0. The summed E-state index contributed by atoms with van der Waals surface area (Å²) in [6, 6.07) is 0. The van der Waals surface area contributed by atoms with Crippen molar-refractivity contribution in [3.8, 4) is 0 Å². The second-order valence-corrected chi connectivity index (χ2v) is 4.88. The van der Waals surface area contributed by atoms with Crippen molar-refractivity contribution >= 4 is 0 Å². The first-order chi connectivity index (χ1) is 5.45. The van der Waals surface area contributed by atoms with Gasteiger partial charge in [-0.2, -0.15) is 0 Å². The van der Waals surface area contributed by atoms with Gasteiger partial charge in [-0.05, 0) is 0 Å². The summed E-state index contributed by atoms with van der Waals surface area (Å²) in [6.45, 7) is 0. The molecule has 0 aromatic heterocycles. The van der Waals surface area contributed by atoms with Crippen LogP contribution in [-0.4, -0.2) is 0 Å². The van der Waals surface area contributed by atoms with Crippen molar-refractivity contribution in [1.29, 1.82) is 0 Å². The summed E-state index contributed by atoms with van der Waals surface area (Å²) in [4.78, 5) is 0. The molecule has 0 atom stereocenters. The Morgan fingerprint density at radius 2 is 1.45 bits per heavy atom. The van der Waals surface area contributed by atoms with Gasteiger partial charge in [0.1, 0.15) is 0 Å². The maximum absolute atomic E-state index is 2.26. The first kappa shape index (κ1) is 7.28. The summed E-state index contributed by atoms with van der Waals surface area (Å²) < 4.78 is 3.21. The molecule has 0 nitrogen and oxygen atoms in total. The van der Waals surface area contributed by atoms with Crippen molar-refractivity contribution in [2.24, 2.45) is 0 Å². The van der Waals surface area contributed by atoms with Crippen molar-refractivity contribution in [3.05, 3.63) is 44.5 Å². The summed E-state index contributed by atoms with van der Waals surface area (Å²) in [5, 5.41) is 0. The van der Waals surface area contributed by atoms with E-state index in [0.29, 0.717) is 0 Å². The van der Waals surface area contributed by atoms with Crippen LogP contribution < -0.4 is 0 Å². The van der Waals surface area contributed by atoms with Gasteiger partial charge < -0.3 is 0 Å². The van der Waals surface area contributed by atoms with Crippen LogP contribution in [0.5, 0.6) is 0 Å². The number of rotatable bonds is 2. The topological polar surface area (TPSA) is 0 Å². The van der Waals surface area contributed by atoms with E-state index in [9.17, 15) is 0 Å². The SMILES string of the molecule is C1=CC[C]([Pd][C]2=CC=CC2)=C1. The third kappa shape index (κ3) is 1.80. The van der Waals surface area contributed by atoms with Crippen LogP contribution in [0.3, 0.4) is 0 Å². The Hall–Kier alpha value is -0.378. The first-order valence-corrected chi connectivity index (χ1v) is 5.31. The molecular weight excluding hydrogens is 227 g/mol. The zero-order chi connectivity index (χ0) is 7.52. The molecule has 0 aromatic rings. The van der Waals surface area contributed by atoms with Crippen molar-refractivity contribution < 1.29 is 18.0 Å². The fourth-order valence-corrected chi connectivity index (χ4v) is 2.95. The van der Waals surface area contributed by atoms with E-state index in [1.165, 1.54) is 12.8 Å². The van der Waals surface area contributed by atoms with E-state index in [1.54, 1.807) is 8.09 Å². The number of hydrogen-bond acceptors (Lipinski definition) is 0. The van der Waals surface area contributed by atoms with E-state index >= 15 is 0 Å². The standard InChI is InChI=1S/2C5H5.Pd/c2*1-2-4-5-3-1;/h2*1-3H,4H2;. The normalized spacial score (nSPS) is 21.1. The van der Waals surface area contributed by atoms with Crippen molar-refractivity contribution in [3.63, 3.8) is 0 Å². The summed E-state index contributed by atoms with van der Waals surface area (Å²) >= 11 is 0.742. The van der Waals surface area contributed by atoms with Crippen LogP contribution in [0.4, 0.5) is 0 Å². The van der Waals surface area contributed by atoms with Gasteiger partial charge >= 0.3 is 75.4 Å². The molecule has 2 rings (SSSR count). The van der Waals surface area contributed by atoms with Crippen molar-refractivity contribution in [2.45, 2.75) is 12.8 Å². The first-order valence-electron chi connectivity index (χ1n) is 3.75. The number of hydrogen-bond donors (Lipinski definition) is 0. The summed E-state index contributed by atoms with van der Waals surface area (Å²) in [5.41, 5.74) is 0. The zero-order valence-corrected chi connectivity index (χ0v) is 7.75. The molecule has 0 saturated carbocycles. The average molecular weight is 237 g/mol. The van der Waals surface area contributed by atoms with Gasteiger partial charge in [-0.3, -0.25) is 0 Å². The predicted octanol–water partition coefficient (Wildman–Crippen LogP) is 2.76. The molecule has 1 heteroatoms. The second kappa shape index (κ2) is 3.35. The van der Waals surface area contributed by atoms with Crippen LogP contribution in [0, 0.1) is 0 Å². The Morgan fingerprint density at radius 3 is 1.82 bits per heavy atom. The molecule has 0 aromatic carbocycles. The summed E-state index contributed by atoms with van der Waals surface area (Å²) in [5.74, 6) is 0. The molecule has 2 aliphatic carbocycles. The molecule has 0 saturated heterocycles. The van der Waals surface area contributed by atoms with E-state index in [4.69, 9.17) is 0 Å². The minimum atomic E-state index is 0.742. The molecule has 11 heavy (non-hydrogen) atoms. The van der Waals surface area contributed by atoms with E-state index < -0.39 is 0 Å². The molecule has 60 valence electrons. The van der Waals surface area contributed by atoms with E-state index in [-0.39, 0.29) is 0 Å². The average Bonchev–Trinajstić information content (AvgIpc) is 2.60. The van der Waals surface area contributed by atoms with Gasteiger partial charge in [0.05, 0.1) is 0 Å². The van der Waals surface area contributed by atoms with E-state index in [1.807, 2.05) is 0 Å². The van der Waals surface area contributed by atoms with Crippen LogP contribution in [-0.2, 0) is 18.0 Å². The molecule has 0 bridgehead atoms. The Kier molecular flexibility index (Phi) is 2.21. The maximum atomic E-state index is 2.26. The van der Waals surface area contributed by atoms with Gasteiger partial charge in [-0.15, -0.1) is 0 Å². The monoisotopic (exact) mass is 236 g/mol. The van der Waals surface area contributed by atoms with Crippen LogP contribution in [0.25, 0.3) is 0 Å². The fraction of sp³-hybridized carbons (Fsp3) is 0.200. The summed E-state index contributed by atoms with van der Waals surface area (Å²) in [6.07, 6.45) is 15.7. The van der Waals surface area contributed by atoms with Crippen LogP contribution in [0.1, 0.15) is 12.8 Å². The number of allylic oxidation sites excluding steroid dienone is 8. The Bertz CT molecular complexity index is 239. The third-order valence-electron chi connectivity index (χ3n) is 1.61. The van der Waals surface area contributed by atoms with E-state index in [2.05, 4.69) is 36.5 Å². The Balaban J connectivity index is 1.91. The van der Waals surface area contributed by atoms with Crippen LogP contribution in [0.2, 0.25) is 0 Å². The van der Waals surface area contributed by atoms with Crippen LogP contribution in [0.15, 0.2) is 44.5 Å². The molecule has 0 radical (unpaired) electrons. The van der Waals surface area contributed by atoms with Crippen LogP contribution >= 0.6 is 0 Å². The van der Waals surface area contributed by atoms with Crippen molar-refractivity contribution in [1.82, 2.24) is 0 Å². The Labute approximate surface area is 75.5 Å². The van der Waals surface area contributed by atoms with Gasteiger partial charge in [-0.1, -0.05) is 0 Å². The molecule has 2 aliphatic rings. The fourth-order valence-electron chi connectivity index (χ4n) is 1.06. The predicted molar refractivity (Wildman–Crippen MR) is 43.7 cm³/mol. The quantitative estimate of drug-likeness (QED) is 0.647. The molecule has 0 heterocycles. The second-order valence-electron chi connectivity index (χ2n) is 2.49. The van der Waals surface area contributed by atoms with Gasteiger partial charge in [0.2, 0.25) is 0 Å². The molecule has 0 N–H and O–H groups in total. The molecule has 0 spiro atoms. The molecule has 0 amide bonds. The van der Waals surface area contributed by atoms with Gasteiger partial charge in [-0.25, -0.2) is 0 Å². The van der Waals surface area contributed by atoms with Crippen molar-refractivity contribution in [2.75, 3.05) is 0 Å². The molecule has 0 aliphatic heterocycles. The molecule has 0 unspecified atom stereocenters. The minimum absolute atomic E-state index is 0.742. The Morgan fingerprint density at radius 1 is 0.909 bits per heavy atom. The third-order valence-corrected chi connectivity index (χ3v) is 3.76. The molecule has 0 fully saturated rings.